The lowest BCUT2D eigenvalue weighted by Gasteiger charge is -2.07. The lowest BCUT2D eigenvalue weighted by Crippen LogP contribution is -2.05. The average Bonchev–Trinajstić information content (AvgIpc) is 2.48. The predicted molar refractivity (Wildman–Crippen MR) is 82.2 cm³/mol. The van der Waals surface area contributed by atoms with E-state index in [0.717, 1.165) is 5.69 Å². The van der Waals surface area contributed by atoms with E-state index in [1.54, 1.807) is 18.3 Å². The Bertz CT molecular complexity index is 762. The number of aromatic nitrogens is 4. The normalized spacial score (nSPS) is 10.3. The molecule has 0 saturated carbocycles. The zero-order valence-electron chi connectivity index (χ0n) is 10.9. The van der Waals surface area contributed by atoms with Gasteiger partial charge in [0.15, 0.2) is 5.82 Å². The topological polar surface area (TPSA) is 89.6 Å². The summed E-state index contributed by atoms with van der Waals surface area (Å²) < 4.78 is 0. The van der Waals surface area contributed by atoms with Crippen molar-refractivity contribution in [3.63, 3.8) is 0 Å². The minimum atomic E-state index is 0.0974. The SMILES string of the molecule is Nc1nc(Nc2ccccc2)nc(-c2ncccc2Cl)n1. The maximum Gasteiger partial charge on any atom is 0.232 e. The zero-order valence-corrected chi connectivity index (χ0v) is 11.6. The maximum atomic E-state index is 6.10. The van der Waals surface area contributed by atoms with Gasteiger partial charge in [0.2, 0.25) is 11.9 Å². The number of benzene rings is 1. The van der Waals surface area contributed by atoms with Gasteiger partial charge in [-0.1, -0.05) is 29.8 Å². The molecule has 104 valence electrons. The van der Waals surface area contributed by atoms with Crippen molar-refractivity contribution in [2.24, 2.45) is 0 Å². The van der Waals surface area contributed by atoms with Crippen LogP contribution in [0.15, 0.2) is 48.7 Å². The van der Waals surface area contributed by atoms with Crippen LogP contribution in [0.4, 0.5) is 17.6 Å². The van der Waals surface area contributed by atoms with E-state index in [0.29, 0.717) is 22.5 Å². The molecule has 3 rings (SSSR count). The van der Waals surface area contributed by atoms with Gasteiger partial charge < -0.3 is 11.1 Å². The number of nitrogen functional groups attached to an aromatic ring is 1. The Hall–Kier alpha value is -2.73. The lowest BCUT2D eigenvalue weighted by molar-refractivity contribution is 1.06. The standard InChI is InChI=1S/C14H11ClN6/c15-10-7-4-8-17-11(10)12-19-13(16)21-14(20-12)18-9-5-2-1-3-6-9/h1-8H,(H3,16,18,19,20,21). The van der Waals surface area contributed by atoms with Crippen molar-refractivity contribution >= 4 is 29.2 Å². The molecule has 0 amide bonds. The zero-order chi connectivity index (χ0) is 14.7. The van der Waals surface area contributed by atoms with Gasteiger partial charge in [-0.05, 0) is 24.3 Å². The molecule has 2 aromatic heterocycles. The van der Waals surface area contributed by atoms with E-state index in [4.69, 9.17) is 17.3 Å². The summed E-state index contributed by atoms with van der Waals surface area (Å²) >= 11 is 6.10. The summed E-state index contributed by atoms with van der Waals surface area (Å²) in [6.45, 7) is 0. The molecule has 0 fully saturated rings. The summed E-state index contributed by atoms with van der Waals surface area (Å²) in [4.78, 5) is 16.6. The molecule has 0 bridgehead atoms. The Balaban J connectivity index is 1.99. The Labute approximate surface area is 126 Å². The summed E-state index contributed by atoms with van der Waals surface area (Å²) in [6, 6.07) is 13.0. The van der Waals surface area contributed by atoms with Crippen LogP contribution in [0.25, 0.3) is 11.5 Å². The lowest BCUT2D eigenvalue weighted by atomic mass is 10.3. The van der Waals surface area contributed by atoms with Crippen LogP contribution in [-0.2, 0) is 0 Å². The van der Waals surface area contributed by atoms with Crippen molar-refractivity contribution in [3.8, 4) is 11.5 Å². The van der Waals surface area contributed by atoms with Crippen molar-refractivity contribution in [3.05, 3.63) is 53.7 Å². The van der Waals surface area contributed by atoms with Gasteiger partial charge >= 0.3 is 0 Å². The number of halogens is 1. The van der Waals surface area contributed by atoms with Gasteiger partial charge in [0.25, 0.3) is 0 Å². The number of hydrogen-bond acceptors (Lipinski definition) is 6. The Kier molecular flexibility index (Phi) is 3.61. The summed E-state index contributed by atoms with van der Waals surface area (Å²) in [6.07, 6.45) is 1.62. The van der Waals surface area contributed by atoms with E-state index in [1.165, 1.54) is 0 Å². The smallest absolute Gasteiger partial charge is 0.232 e. The summed E-state index contributed by atoms with van der Waals surface area (Å²) in [7, 11) is 0. The van der Waals surface area contributed by atoms with Crippen LogP contribution < -0.4 is 11.1 Å². The summed E-state index contributed by atoms with van der Waals surface area (Å²) in [5.41, 5.74) is 7.04. The molecule has 0 radical (unpaired) electrons. The predicted octanol–water partition coefficient (Wildman–Crippen LogP) is 2.91. The number of nitrogens with zero attached hydrogens (tertiary/aromatic N) is 4. The number of anilines is 3. The summed E-state index contributed by atoms with van der Waals surface area (Å²) in [5, 5.41) is 3.51. The van der Waals surface area contributed by atoms with Crippen molar-refractivity contribution in [2.75, 3.05) is 11.1 Å². The highest BCUT2D eigenvalue weighted by Gasteiger charge is 2.11. The molecular formula is C14H11ClN6. The fourth-order valence-electron chi connectivity index (χ4n) is 1.75. The van der Waals surface area contributed by atoms with Crippen LogP contribution in [-0.4, -0.2) is 19.9 Å². The largest absolute Gasteiger partial charge is 0.368 e. The molecule has 0 unspecified atom stereocenters. The molecule has 3 aromatic rings. The Morgan fingerprint density at radius 1 is 0.952 bits per heavy atom. The summed E-state index contributed by atoms with van der Waals surface area (Å²) in [5.74, 6) is 0.761. The van der Waals surface area contributed by atoms with E-state index < -0.39 is 0 Å². The van der Waals surface area contributed by atoms with Crippen molar-refractivity contribution in [1.82, 2.24) is 19.9 Å². The minimum absolute atomic E-state index is 0.0974. The average molecular weight is 299 g/mol. The first-order valence-electron chi connectivity index (χ1n) is 6.17. The van der Waals surface area contributed by atoms with Crippen LogP contribution in [0.5, 0.6) is 0 Å². The van der Waals surface area contributed by atoms with Crippen molar-refractivity contribution in [1.29, 1.82) is 0 Å². The molecule has 0 saturated heterocycles. The first-order chi connectivity index (χ1) is 10.2. The molecular weight excluding hydrogens is 288 g/mol. The first kappa shape index (κ1) is 13.3. The minimum Gasteiger partial charge on any atom is -0.368 e. The molecule has 6 nitrogen and oxygen atoms in total. The number of hydrogen-bond donors (Lipinski definition) is 2. The molecule has 0 aliphatic rings. The number of para-hydroxylation sites is 1. The van der Waals surface area contributed by atoms with Gasteiger partial charge in [-0.25, -0.2) is 0 Å². The van der Waals surface area contributed by atoms with Gasteiger partial charge in [-0.15, -0.1) is 0 Å². The third-order valence-electron chi connectivity index (χ3n) is 2.65. The van der Waals surface area contributed by atoms with E-state index >= 15 is 0 Å². The number of nitrogens with two attached hydrogens (primary N) is 1. The fraction of sp³-hybridized carbons (Fsp3) is 0. The second-order valence-corrected chi connectivity index (χ2v) is 4.57. The third-order valence-corrected chi connectivity index (χ3v) is 2.96. The van der Waals surface area contributed by atoms with Crippen molar-refractivity contribution < 1.29 is 0 Å². The molecule has 21 heavy (non-hydrogen) atoms. The molecule has 7 heteroatoms. The molecule has 0 spiro atoms. The van der Waals surface area contributed by atoms with Crippen LogP contribution in [0.1, 0.15) is 0 Å². The van der Waals surface area contributed by atoms with Gasteiger partial charge in [0.1, 0.15) is 5.69 Å². The molecule has 0 atom stereocenters. The molecule has 0 aliphatic carbocycles. The van der Waals surface area contributed by atoms with E-state index in [9.17, 15) is 0 Å². The molecule has 2 heterocycles. The second kappa shape index (κ2) is 5.72. The monoisotopic (exact) mass is 298 g/mol. The number of pyridine rings is 1. The highest BCUT2D eigenvalue weighted by atomic mass is 35.5. The van der Waals surface area contributed by atoms with Crippen LogP contribution in [0.3, 0.4) is 0 Å². The second-order valence-electron chi connectivity index (χ2n) is 4.17. The molecule has 3 N–H and O–H groups in total. The van der Waals surface area contributed by atoms with Crippen LogP contribution >= 0.6 is 11.6 Å². The third kappa shape index (κ3) is 3.06. The Morgan fingerprint density at radius 3 is 2.52 bits per heavy atom. The Morgan fingerprint density at radius 2 is 1.76 bits per heavy atom. The van der Waals surface area contributed by atoms with E-state index in [1.807, 2.05) is 30.3 Å². The van der Waals surface area contributed by atoms with Crippen LogP contribution in [0, 0.1) is 0 Å². The van der Waals surface area contributed by atoms with E-state index in [-0.39, 0.29) is 5.95 Å². The quantitative estimate of drug-likeness (QED) is 0.773. The van der Waals surface area contributed by atoms with E-state index in [2.05, 4.69) is 25.3 Å². The highest BCUT2D eigenvalue weighted by molar-refractivity contribution is 6.32. The van der Waals surface area contributed by atoms with Gasteiger partial charge in [0, 0.05) is 11.9 Å². The molecule has 1 aromatic carbocycles. The van der Waals surface area contributed by atoms with Crippen molar-refractivity contribution in [2.45, 2.75) is 0 Å². The molecule has 0 aliphatic heterocycles. The van der Waals surface area contributed by atoms with Crippen LogP contribution in [0.2, 0.25) is 5.02 Å². The van der Waals surface area contributed by atoms with Gasteiger partial charge in [-0.2, -0.15) is 15.0 Å². The van der Waals surface area contributed by atoms with Gasteiger partial charge in [-0.3, -0.25) is 4.98 Å². The number of nitrogens with one attached hydrogen (secondary N) is 1. The maximum absolute atomic E-state index is 6.10. The first-order valence-corrected chi connectivity index (χ1v) is 6.55. The highest BCUT2D eigenvalue weighted by Crippen LogP contribution is 2.23. The fourth-order valence-corrected chi connectivity index (χ4v) is 1.96. The number of rotatable bonds is 3. The van der Waals surface area contributed by atoms with Gasteiger partial charge in [0.05, 0.1) is 5.02 Å².